The van der Waals surface area contributed by atoms with Crippen LogP contribution in [0.3, 0.4) is 0 Å². The fourth-order valence-electron chi connectivity index (χ4n) is 4.82. The number of rotatable bonds is 5. The van der Waals surface area contributed by atoms with Gasteiger partial charge in [0.2, 0.25) is 11.9 Å². The number of hydrogen-bond acceptors (Lipinski definition) is 10. The monoisotopic (exact) mass is 509 g/mol. The third-order valence-electron chi connectivity index (χ3n) is 6.74. The van der Waals surface area contributed by atoms with E-state index in [9.17, 15) is 4.79 Å². The number of carbonyl (C=O) groups excluding carboxylic acids is 1. The van der Waals surface area contributed by atoms with Crippen LogP contribution in [0.4, 0.5) is 29.1 Å². The van der Waals surface area contributed by atoms with Crippen LogP contribution in [-0.4, -0.2) is 63.7 Å². The summed E-state index contributed by atoms with van der Waals surface area (Å²) in [5.41, 5.74) is 11.6. The molecule has 3 N–H and O–H groups in total. The van der Waals surface area contributed by atoms with E-state index in [2.05, 4.69) is 30.1 Å². The fourth-order valence-corrected chi connectivity index (χ4v) is 4.82. The van der Waals surface area contributed by atoms with E-state index >= 15 is 0 Å². The Balaban J connectivity index is 1.36. The van der Waals surface area contributed by atoms with Crippen LogP contribution < -0.4 is 20.9 Å². The average molecular weight is 510 g/mol. The first-order chi connectivity index (χ1) is 18.6. The zero-order chi connectivity index (χ0) is 26.1. The van der Waals surface area contributed by atoms with Crippen molar-refractivity contribution in [3.63, 3.8) is 0 Å². The van der Waals surface area contributed by atoms with Crippen LogP contribution in [0.1, 0.15) is 21.5 Å². The molecule has 0 unspecified atom stereocenters. The molecule has 0 bridgehead atoms. The third-order valence-corrected chi connectivity index (χ3v) is 6.74. The molecular weight excluding hydrogens is 482 g/mol. The predicted molar refractivity (Wildman–Crippen MR) is 145 cm³/mol. The van der Waals surface area contributed by atoms with Gasteiger partial charge in [0.15, 0.2) is 0 Å². The predicted octanol–water partition coefficient (Wildman–Crippen LogP) is 3.00. The molecule has 0 aliphatic carbocycles. The summed E-state index contributed by atoms with van der Waals surface area (Å²) < 4.78 is 5.54. The number of carbonyl (C=O) groups is 1. The van der Waals surface area contributed by atoms with Crippen LogP contribution in [0.2, 0.25) is 0 Å². The van der Waals surface area contributed by atoms with Crippen molar-refractivity contribution in [1.82, 2.24) is 24.9 Å². The van der Waals surface area contributed by atoms with Crippen molar-refractivity contribution in [3.8, 4) is 11.3 Å². The molecule has 3 aromatic heterocycles. The Morgan fingerprint density at radius 3 is 2.53 bits per heavy atom. The number of amides is 1. The Bertz CT molecular complexity index is 1470. The van der Waals surface area contributed by atoms with E-state index in [0.717, 1.165) is 59.9 Å². The zero-order valence-electron chi connectivity index (χ0n) is 21.0. The van der Waals surface area contributed by atoms with Crippen LogP contribution in [0, 0.1) is 6.92 Å². The fraction of sp³-hybridized carbons (Fsp3) is 0.259. The van der Waals surface area contributed by atoms with Crippen molar-refractivity contribution in [2.75, 3.05) is 53.7 Å². The molecule has 6 rings (SSSR count). The lowest BCUT2D eigenvalue weighted by Crippen LogP contribution is -2.37. The number of aromatic nitrogens is 5. The minimum absolute atomic E-state index is 0.171. The lowest BCUT2D eigenvalue weighted by molar-refractivity contribution is 0.102. The van der Waals surface area contributed by atoms with E-state index in [1.54, 1.807) is 36.9 Å². The van der Waals surface area contributed by atoms with Crippen molar-refractivity contribution >= 4 is 35.0 Å². The van der Waals surface area contributed by atoms with E-state index in [1.165, 1.54) is 0 Å². The Morgan fingerprint density at radius 2 is 1.79 bits per heavy atom. The van der Waals surface area contributed by atoms with E-state index in [1.807, 2.05) is 25.1 Å². The molecule has 0 spiro atoms. The summed E-state index contributed by atoms with van der Waals surface area (Å²) in [5, 5.41) is 2.91. The average Bonchev–Trinajstić information content (AvgIpc) is 3.38. The summed E-state index contributed by atoms with van der Waals surface area (Å²) >= 11 is 0. The maximum Gasteiger partial charge on any atom is 0.255 e. The normalized spacial score (nSPS) is 14.9. The van der Waals surface area contributed by atoms with Crippen molar-refractivity contribution in [1.29, 1.82) is 0 Å². The molecule has 38 heavy (non-hydrogen) atoms. The van der Waals surface area contributed by atoms with Gasteiger partial charge in [-0.3, -0.25) is 9.78 Å². The van der Waals surface area contributed by atoms with Gasteiger partial charge in [-0.15, -0.1) is 0 Å². The van der Waals surface area contributed by atoms with E-state index in [0.29, 0.717) is 30.4 Å². The first-order valence-corrected chi connectivity index (χ1v) is 12.5. The molecule has 4 aromatic rings. The second-order valence-corrected chi connectivity index (χ2v) is 9.20. The highest BCUT2D eigenvalue weighted by atomic mass is 16.5. The van der Waals surface area contributed by atoms with Crippen LogP contribution in [0.25, 0.3) is 11.3 Å². The number of pyridine rings is 1. The van der Waals surface area contributed by atoms with Crippen LogP contribution in [-0.2, 0) is 11.2 Å². The number of nitrogen functional groups attached to an aromatic ring is 1. The van der Waals surface area contributed by atoms with Gasteiger partial charge in [-0.05, 0) is 49.2 Å². The number of nitrogens with one attached hydrogen (secondary N) is 1. The van der Waals surface area contributed by atoms with Crippen LogP contribution >= 0.6 is 0 Å². The van der Waals surface area contributed by atoms with Gasteiger partial charge < -0.3 is 25.6 Å². The standard InChI is InChI=1S/C27H27N9O2/c1-17-14-18(25(37)32-20-4-7-29-8-5-20)2-3-22(17)36-9-6-21-23(19-15-30-26(28)31-16-19)33-27(34-24(21)36)35-10-12-38-13-11-35/h2-5,7-8,14-16H,6,9-13H2,1H3,(H2,28,30,31)(H,29,32,37). The van der Waals surface area contributed by atoms with E-state index in [-0.39, 0.29) is 11.9 Å². The van der Waals surface area contributed by atoms with Gasteiger partial charge >= 0.3 is 0 Å². The number of hydrogen-bond donors (Lipinski definition) is 2. The van der Waals surface area contributed by atoms with Crippen molar-refractivity contribution in [2.45, 2.75) is 13.3 Å². The number of nitrogens with two attached hydrogens (primary N) is 1. The van der Waals surface area contributed by atoms with Crippen molar-refractivity contribution in [3.05, 3.63) is 71.8 Å². The molecule has 1 aromatic carbocycles. The molecule has 0 atom stereocenters. The molecule has 11 nitrogen and oxygen atoms in total. The SMILES string of the molecule is Cc1cc(C(=O)Nc2ccncc2)ccc1N1CCc2c(-c3cnc(N)nc3)nc(N3CCOCC3)nc21. The number of ether oxygens (including phenoxy) is 1. The number of aryl methyl sites for hydroxylation is 1. The van der Waals surface area contributed by atoms with E-state index in [4.69, 9.17) is 20.4 Å². The lowest BCUT2D eigenvalue weighted by atomic mass is 10.1. The minimum atomic E-state index is -0.171. The molecule has 5 heterocycles. The molecular formula is C27H27N9O2. The van der Waals surface area contributed by atoms with Crippen LogP contribution in [0.15, 0.2) is 55.1 Å². The topological polar surface area (TPSA) is 135 Å². The van der Waals surface area contributed by atoms with Crippen molar-refractivity contribution in [2.24, 2.45) is 0 Å². The summed E-state index contributed by atoms with van der Waals surface area (Å²) in [5.74, 6) is 1.55. The minimum Gasteiger partial charge on any atom is -0.378 e. The molecule has 192 valence electrons. The quantitative estimate of drug-likeness (QED) is 0.413. The smallest absolute Gasteiger partial charge is 0.255 e. The summed E-state index contributed by atoms with van der Waals surface area (Å²) in [4.78, 5) is 39.5. The Kier molecular flexibility index (Phi) is 6.26. The number of nitrogens with zero attached hydrogens (tertiary/aromatic N) is 7. The van der Waals surface area contributed by atoms with E-state index < -0.39 is 0 Å². The molecule has 1 fully saturated rings. The van der Waals surface area contributed by atoms with Gasteiger partial charge in [0, 0.05) is 72.5 Å². The number of benzene rings is 1. The number of morpholine rings is 1. The van der Waals surface area contributed by atoms with Gasteiger partial charge in [-0.25, -0.2) is 15.0 Å². The Labute approximate surface area is 219 Å². The van der Waals surface area contributed by atoms with Gasteiger partial charge in [-0.1, -0.05) is 0 Å². The molecule has 0 saturated carbocycles. The largest absolute Gasteiger partial charge is 0.378 e. The van der Waals surface area contributed by atoms with Crippen molar-refractivity contribution < 1.29 is 9.53 Å². The van der Waals surface area contributed by atoms with Gasteiger partial charge in [0.1, 0.15) is 5.82 Å². The first-order valence-electron chi connectivity index (χ1n) is 12.5. The molecule has 0 radical (unpaired) electrons. The number of fused-ring (bicyclic) bond motifs is 1. The molecule has 1 amide bonds. The molecule has 1 saturated heterocycles. The lowest BCUT2D eigenvalue weighted by Gasteiger charge is -2.28. The molecule has 11 heteroatoms. The van der Waals surface area contributed by atoms with Gasteiger partial charge in [0.25, 0.3) is 5.91 Å². The van der Waals surface area contributed by atoms with Gasteiger partial charge in [-0.2, -0.15) is 4.98 Å². The Morgan fingerprint density at radius 1 is 1.03 bits per heavy atom. The van der Waals surface area contributed by atoms with Crippen LogP contribution in [0.5, 0.6) is 0 Å². The zero-order valence-corrected chi connectivity index (χ0v) is 21.0. The summed E-state index contributed by atoms with van der Waals surface area (Å²) in [6.07, 6.45) is 7.47. The van der Waals surface area contributed by atoms with Gasteiger partial charge in [0.05, 0.1) is 18.9 Å². The third kappa shape index (κ3) is 4.59. The second-order valence-electron chi connectivity index (χ2n) is 9.20. The summed E-state index contributed by atoms with van der Waals surface area (Å²) in [7, 11) is 0. The highest BCUT2D eigenvalue weighted by Crippen LogP contribution is 2.40. The summed E-state index contributed by atoms with van der Waals surface area (Å²) in [6, 6.07) is 9.25. The highest BCUT2D eigenvalue weighted by Gasteiger charge is 2.30. The summed E-state index contributed by atoms with van der Waals surface area (Å²) in [6.45, 7) is 5.45. The highest BCUT2D eigenvalue weighted by molar-refractivity contribution is 6.04. The number of anilines is 5. The maximum atomic E-state index is 12.8. The maximum absolute atomic E-state index is 12.8. The molecule has 2 aliphatic heterocycles. The Hall–Kier alpha value is -4.64. The molecule has 2 aliphatic rings. The second kappa shape index (κ2) is 10.0. The first kappa shape index (κ1) is 23.7.